The lowest BCUT2D eigenvalue weighted by molar-refractivity contribution is 0.612. The van der Waals surface area contributed by atoms with Gasteiger partial charge in [-0.1, -0.05) is 43.6 Å². The molecule has 0 saturated carbocycles. The van der Waals surface area contributed by atoms with E-state index in [9.17, 15) is 4.79 Å². The Bertz CT molecular complexity index is 1250. The molecular weight excluding hydrogens is 384 g/mol. The van der Waals surface area contributed by atoms with Gasteiger partial charge in [-0.25, -0.2) is 9.36 Å². The first-order chi connectivity index (χ1) is 13.8. The minimum absolute atomic E-state index is 0.157. The standard InChI is InChI=1S/C23H23ClN4O/c1-14(2)21-20-12-25-28(19-10-5-15(3)16(4)11-19)22(20)23(29)27(26-21)13-17-6-8-18(24)9-7-17/h5-12,14H,13H2,1-4H3. The Hall–Kier alpha value is -2.92. The van der Waals surface area contributed by atoms with Crippen molar-refractivity contribution in [2.75, 3.05) is 0 Å². The van der Waals surface area contributed by atoms with Crippen molar-refractivity contribution in [2.24, 2.45) is 0 Å². The molecule has 2 aromatic heterocycles. The van der Waals surface area contributed by atoms with Crippen LogP contribution < -0.4 is 5.56 Å². The van der Waals surface area contributed by atoms with Gasteiger partial charge >= 0.3 is 0 Å². The fraction of sp³-hybridized carbons (Fsp3) is 0.261. The number of halogens is 1. The number of aryl methyl sites for hydroxylation is 2. The molecular formula is C23H23ClN4O. The molecule has 0 amide bonds. The van der Waals surface area contributed by atoms with Gasteiger partial charge in [0.25, 0.3) is 5.56 Å². The molecule has 5 nitrogen and oxygen atoms in total. The summed E-state index contributed by atoms with van der Waals surface area (Å²) in [6.07, 6.45) is 1.75. The molecule has 0 N–H and O–H groups in total. The van der Waals surface area contributed by atoms with Crippen LogP contribution in [0.3, 0.4) is 0 Å². The van der Waals surface area contributed by atoms with Crippen LogP contribution >= 0.6 is 11.6 Å². The van der Waals surface area contributed by atoms with Crippen LogP contribution in [0, 0.1) is 13.8 Å². The Morgan fingerprint density at radius 1 is 1.03 bits per heavy atom. The van der Waals surface area contributed by atoms with Crippen LogP contribution in [0.1, 0.15) is 42.1 Å². The molecule has 6 heteroatoms. The van der Waals surface area contributed by atoms with Crippen molar-refractivity contribution in [1.82, 2.24) is 19.6 Å². The Morgan fingerprint density at radius 3 is 2.41 bits per heavy atom. The van der Waals surface area contributed by atoms with Crippen LogP contribution in [-0.2, 0) is 6.54 Å². The minimum atomic E-state index is -0.157. The van der Waals surface area contributed by atoms with Gasteiger partial charge in [0.05, 0.1) is 24.1 Å². The average Bonchev–Trinajstić information content (AvgIpc) is 3.13. The Balaban J connectivity index is 1.93. The second-order valence-corrected chi connectivity index (χ2v) is 8.15. The zero-order chi connectivity index (χ0) is 20.7. The second-order valence-electron chi connectivity index (χ2n) is 7.72. The van der Waals surface area contributed by atoms with E-state index in [4.69, 9.17) is 11.6 Å². The fourth-order valence-electron chi connectivity index (χ4n) is 3.44. The van der Waals surface area contributed by atoms with Crippen LogP contribution in [0.5, 0.6) is 0 Å². The Morgan fingerprint density at radius 2 is 1.76 bits per heavy atom. The predicted molar refractivity (Wildman–Crippen MR) is 117 cm³/mol. The van der Waals surface area contributed by atoms with E-state index in [-0.39, 0.29) is 11.5 Å². The summed E-state index contributed by atoms with van der Waals surface area (Å²) < 4.78 is 3.26. The summed E-state index contributed by atoms with van der Waals surface area (Å²) >= 11 is 5.99. The second kappa shape index (κ2) is 7.48. The number of benzene rings is 2. The molecule has 0 aliphatic heterocycles. The molecule has 0 saturated heterocycles. The lowest BCUT2D eigenvalue weighted by Crippen LogP contribution is -2.27. The molecule has 0 spiro atoms. The molecule has 2 aromatic carbocycles. The van der Waals surface area contributed by atoms with Crippen molar-refractivity contribution in [3.63, 3.8) is 0 Å². The molecule has 0 bridgehead atoms. The van der Waals surface area contributed by atoms with Gasteiger partial charge in [0.15, 0.2) is 0 Å². The average molecular weight is 407 g/mol. The van der Waals surface area contributed by atoms with Gasteiger partial charge in [-0.15, -0.1) is 0 Å². The number of hydrogen-bond donors (Lipinski definition) is 0. The third-order valence-corrected chi connectivity index (χ3v) is 5.49. The Kier molecular flexibility index (Phi) is 5.01. The molecule has 4 rings (SSSR count). The van der Waals surface area contributed by atoms with E-state index in [1.807, 2.05) is 30.3 Å². The first kappa shape index (κ1) is 19.4. The van der Waals surface area contributed by atoms with Crippen molar-refractivity contribution in [1.29, 1.82) is 0 Å². The summed E-state index contributed by atoms with van der Waals surface area (Å²) in [5.74, 6) is 0.159. The van der Waals surface area contributed by atoms with Crippen molar-refractivity contribution in [2.45, 2.75) is 40.2 Å². The normalized spacial score (nSPS) is 11.5. The maximum absolute atomic E-state index is 13.4. The van der Waals surface area contributed by atoms with Gasteiger partial charge in [0.1, 0.15) is 5.52 Å². The zero-order valence-corrected chi connectivity index (χ0v) is 17.7. The van der Waals surface area contributed by atoms with Gasteiger partial charge in [-0.3, -0.25) is 4.79 Å². The van der Waals surface area contributed by atoms with E-state index < -0.39 is 0 Å². The number of rotatable bonds is 4. The van der Waals surface area contributed by atoms with Crippen LogP contribution in [0.15, 0.2) is 53.5 Å². The molecule has 2 heterocycles. The molecule has 148 valence electrons. The fourth-order valence-corrected chi connectivity index (χ4v) is 3.57. The molecule has 0 radical (unpaired) electrons. The highest BCUT2D eigenvalue weighted by atomic mass is 35.5. The molecule has 0 atom stereocenters. The monoisotopic (exact) mass is 406 g/mol. The quantitative estimate of drug-likeness (QED) is 0.478. The van der Waals surface area contributed by atoms with Gasteiger partial charge in [0.2, 0.25) is 0 Å². The topological polar surface area (TPSA) is 52.7 Å². The highest BCUT2D eigenvalue weighted by Crippen LogP contribution is 2.24. The van der Waals surface area contributed by atoms with Crippen molar-refractivity contribution in [3.8, 4) is 5.69 Å². The summed E-state index contributed by atoms with van der Waals surface area (Å²) in [5, 5.41) is 10.7. The first-order valence-corrected chi connectivity index (χ1v) is 10.0. The largest absolute Gasteiger partial charge is 0.293 e. The van der Waals surface area contributed by atoms with E-state index in [0.29, 0.717) is 17.1 Å². The van der Waals surface area contributed by atoms with E-state index >= 15 is 0 Å². The highest BCUT2D eigenvalue weighted by molar-refractivity contribution is 6.30. The highest BCUT2D eigenvalue weighted by Gasteiger charge is 2.19. The molecule has 0 aliphatic carbocycles. The van der Waals surface area contributed by atoms with Crippen molar-refractivity contribution in [3.05, 3.63) is 86.4 Å². The number of nitrogens with zero attached hydrogens (tertiary/aromatic N) is 4. The SMILES string of the molecule is Cc1ccc(-n2ncc3c(C(C)C)nn(Cc4ccc(Cl)cc4)c(=O)c32)cc1C. The number of aromatic nitrogens is 4. The molecule has 4 aromatic rings. The minimum Gasteiger partial charge on any atom is -0.265 e. The van der Waals surface area contributed by atoms with Crippen molar-refractivity contribution >= 4 is 22.5 Å². The zero-order valence-electron chi connectivity index (χ0n) is 17.0. The summed E-state index contributed by atoms with van der Waals surface area (Å²) in [7, 11) is 0. The van der Waals surface area contributed by atoms with E-state index in [1.165, 1.54) is 10.2 Å². The molecule has 0 unspecified atom stereocenters. The maximum atomic E-state index is 13.4. The van der Waals surface area contributed by atoms with Crippen LogP contribution in [0.25, 0.3) is 16.6 Å². The summed E-state index contributed by atoms with van der Waals surface area (Å²) in [5.41, 5.74) is 5.47. The third-order valence-electron chi connectivity index (χ3n) is 5.24. The van der Waals surface area contributed by atoms with Crippen LogP contribution in [-0.4, -0.2) is 19.6 Å². The van der Waals surface area contributed by atoms with Crippen LogP contribution in [0.2, 0.25) is 5.02 Å². The molecule has 0 aliphatic rings. The maximum Gasteiger partial charge on any atom is 0.293 e. The third kappa shape index (κ3) is 3.58. The van der Waals surface area contributed by atoms with Gasteiger partial charge < -0.3 is 0 Å². The van der Waals surface area contributed by atoms with E-state index in [2.05, 4.69) is 50.0 Å². The van der Waals surface area contributed by atoms with Gasteiger partial charge in [0, 0.05) is 10.4 Å². The lowest BCUT2D eigenvalue weighted by Gasteiger charge is -2.13. The first-order valence-electron chi connectivity index (χ1n) is 9.66. The predicted octanol–water partition coefficient (Wildman–Crippen LogP) is 5.02. The number of fused-ring (bicyclic) bond motifs is 1. The summed E-state index contributed by atoms with van der Waals surface area (Å²) in [4.78, 5) is 13.4. The Labute approximate surface area is 174 Å². The molecule has 0 fully saturated rings. The molecule has 29 heavy (non-hydrogen) atoms. The summed E-state index contributed by atoms with van der Waals surface area (Å²) in [6, 6.07) is 13.6. The smallest absolute Gasteiger partial charge is 0.265 e. The van der Waals surface area contributed by atoms with Crippen LogP contribution in [0.4, 0.5) is 0 Å². The summed E-state index contributed by atoms with van der Waals surface area (Å²) in [6.45, 7) is 8.66. The lowest BCUT2D eigenvalue weighted by atomic mass is 10.1. The van der Waals surface area contributed by atoms with E-state index in [1.54, 1.807) is 10.9 Å². The number of hydrogen-bond acceptors (Lipinski definition) is 3. The van der Waals surface area contributed by atoms with Crippen molar-refractivity contribution < 1.29 is 0 Å². The van der Waals surface area contributed by atoms with Gasteiger partial charge in [-0.05, 0) is 60.7 Å². The van der Waals surface area contributed by atoms with E-state index in [0.717, 1.165) is 27.9 Å². The van der Waals surface area contributed by atoms with Gasteiger partial charge in [-0.2, -0.15) is 10.2 Å².